The standard InChI is InChI=1S/C20H28O2/c1-2-3-4-5-6-7-8-9-10-11-12-13-14-16-19-17-15-18-20(21)22-19/h6-7,9-10,12-16,18-19H,2-5,8,11,17H2,1H3/b7-6-,10-9-,13-12-,16-14+. The smallest absolute Gasteiger partial charge is 0.331 e. The van der Waals surface area contributed by atoms with Gasteiger partial charge < -0.3 is 4.74 Å². The first-order chi connectivity index (χ1) is 10.8. The van der Waals surface area contributed by atoms with Crippen molar-refractivity contribution >= 4 is 5.97 Å². The molecule has 22 heavy (non-hydrogen) atoms. The number of rotatable bonds is 10. The number of esters is 1. The van der Waals surface area contributed by atoms with E-state index in [1.165, 1.54) is 31.8 Å². The first kappa shape index (κ1) is 18.2. The first-order valence-electron chi connectivity index (χ1n) is 8.33. The fourth-order valence-corrected chi connectivity index (χ4v) is 2.07. The Bertz CT molecular complexity index is 439. The second-order valence-corrected chi connectivity index (χ2v) is 5.34. The van der Waals surface area contributed by atoms with Gasteiger partial charge in [-0.05, 0) is 31.8 Å². The number of hydrogen-bond acceptors (Lipinski definition) is 2. The van der Waals surface area contributed by atoms with Gasteiger partial charge in [0.1, 0.15) is 6.10 Å². The number of allylic oxidation sites excluding steroid dienone is 7. The normalized spacial score (nSPS) is 19.1. The Kier molecular flexibility index (Phi) is 10.7. The van der Waals surface area contributed by atoms with Gasteiger partial charge in [-0.1, -0.05) is 68.4 Å². The van der Waals surface area contributed by atoms with Gasteiger partial charge in [-0.3, -0.25) is 0 Å². The summed E-state index contributed by atoms with van der Waals surface area (Å²) < 4.78 is 5.13. The van der Waals surface area contributed by atoms with Crippen molar-refractivity contribution in [2.75, 3.05) is 0 Å². The molecule has 2 nitrogen and oxygen atoms in total. The van der Waals surface area contributed by atoms with Crippen LogP contribution in [0, 0.1) is 0 Å². The Hall–Kier alpha value is -1.83. The third kappa shape index (κ3) is 9.98. The molecule has 1 unspecified atom stereocenters. The lowest BCUT2D eigenvalue weighted by atomic mass is 10.2. The molecule has 0 N–H and O–H groups in total. The molecule has 0 aliphatic carbocycles. The van der Waals surface area contributed by atoms with Crippen LogP contribution in [-0.4, -0.2) is 12.1 Å². The van der Waals surface area contributed by atoms with Gasteiger partial charge in [-0.15, -0.1) is 0 Å². The molecule has 0 bridgehead atoms. The number of unbranched alkanes of at least 4 members (excludes halogenated alkanes) is 3. The van der Waals surface area contributed by atoms with Crippen molar-refractivity contribution in [1.82, 2.24) is 0 Å². The highest BCUT2D eigenvalue weighted by molar-refractivity contribution is 5.82. The highest BCUT2D eigenvalue weighted by Crippen LogP contribution is 2.08. The summed E-state index contributed by atoms with van der Waals surface area (Å²) in [6.45, 7) is 2.23. The number of ether oxygens (including phenoxy) is 1. The van der Waals surface area contributed by atoms with E-state index in [2.05, 4.69) is 37.3 Å². The van der Waals surface area contributed by atoms with Crippen LogP contribution in [0.1, 0.15) is 51.9 Å². The van der Waals surface area contributed by atoms with Crippen molar-refractivity contribution in [3.63, 3.8) is 0 Å². The molecule has 0 fully saturated rings. The second kappa shape index (κ2) is 12.9. The van der Waals surface area contributed by atoms with Gasteiger partial charge in [0.05, 0.1) is 0 Å². The highest BCUT2D eigenvalue weighted by atomic mass is 16.5. The Morgan fingerprint density at radius 1 is 1.09 bits per heavy atom. The lowest BCUT2D eigenvalue weighted by Gasteiger charge is -2.13. The Balaban J connectivity index is 2.04. The maximum atomic E-state index is 11.0. The fraction of sp³-hybridized carbons (Fsp3) is 0.450. The van der Waals surface area contributed by atoms with E-state index in [-0.39, 0.29) is 12.1 Å². The molecule has 1 aliphatic heterocycles. The van der Waals surface area contributed by atoms with Gasteiger partial charge in [0.15, 0.2) is 0 Å². The summed E-state index contributed by atoms with van der Waals surface area (Å²) in [5.41, 5.74) is 0. The third-order valence-electron chi connectivity index (χ3n) is 3.31. The number of hydrogen-bond donors (Lipinski definition) is 0. The molecule has 1 heterocycles. The van der Waals surface area contributed by atoms with E-state index in [0.717, 1.165) is 19.3 Å². The fourth-order valence-electron chi connectivity index (χ4n) is 2.07. The molecule has 0 spiro atoms. The van der Waals surface area contributed by atoms with Crippen LogP contribution in [0.15, 0.2) is 60.8 Å². The summed E-state index contributed by atoms with van der Waals surface area (Å²) in [5, 5.41) is 0. The van der Waals surface area contributed by atoms with Crippen molar-refractivity contribution in [3.05, 3.63) is 60.8 Å². The minimum Gasteiger partial charge on any atom is -0.455 e. The average Bonchev–Trinajstić information content (AvgIpc) is 2.52. The number of carbonyl (C=O) groups excluding carboxylic acids is 1. The van der Waals surface area contributed by atoms with Crippen LogP contribution in [-0.2, 0) is 9.53 Å². The lowest BCUT2D eigenvalue weighted by molar-refractivity contribution is -0.141. The molecular formula is C20H28O2. The average molecular weight is 300 g/mol. The number of carbonyl (C=O) groups is 1. The van der Waals surface area contributed by atoms with Crippen LogP contribution in [0.25, 0.3) is 0 Å². The molecule has 1 atom stereocenters. The molecule has 0 aromatic carbocycles. The summed E-state index contributed by atoms with van der Waals surface area (Å²) in [6, 6.07) is 0. The zero-order valence-electron chi connectivity index (χ0n) is 13.6. The second-order valence-electron chi connectivity index (χ2n) is 5.34. The molecule has 120 valence electrons. The molecule has 0 saturated carbocycles. The van der Waals surface area contributed by atoms with Gasteiger partial charge in [0, 0.05) is 12.5 Å². The molecular weight excluding hydrogens is 272 g/mol. The highest BCUT2D eigenvalue weighted by Gasteiger charge is 2.11. The van der Waals surface area contributed by atoms with E-state index in [4.69, 9.17) is 4.74 Å². The maximum Gasteiger partial charge on any atom is 0.331 e. The zero-order valence-corrected chi connectivity index (χ0v) is 13.6. The van der Waals surface area contributed by atoms with E-state index in [9.17, 15) is 4.79 Å². The molecule has 2 heteroatoms. The molecule has 1 aliphatic rings. The zero-order chi connectivity index (χ0) is 15.9. The van der Waals surface area contributed by atoms with E-state index in [0.29, 0.717) is 0 Å². The lowest BCUT2D eigenvalue weighted by Crippen LogP contribution is -2.17. The predicted molar refractivity (Wildman–Crippen MR) is 93.6 cm³/mol. The van der Waals surface area contributed by atoms with E-state index < -0.39 is 0 Å². The van der Waals surface area contributed by atoms with Crippen LogP contribution in [0.3, 0.4) is 0 Å². The molecule has 0 saturated heterocycles. The Morgan fingerprint density at radius 2 is 1.86 bits per heavy atom. The van der Waals surface area contributed by atoms with Crippen molar-refractivity contribution in [2.24, 2.45) is 0 Å². The van der Waals surface area contributed by atoms with Gasteiger partial charge in [0.2, 0.25) is 0 Å². The maximum absolute atomic E-state index is 11.0. The van der Waals surface area contributed by atoms with Gasteiger partial charge >= 0.3 is 5.97 Å². The quantitative estimate of drug-likeness (QED) is 0.232. The predicted octanol–water partition coefficient (Wildman–Crippen LogP) is 5.44. The van der Waals surface area contributed by atoms with Gasteiger partial charge in [-0.2, -0.15) is 0 Å². The Morgan fingerprint density at radius 3 is 2.64 bits per heavy atom. The molecule has 0 amide bonds. The SMILES string of the molecule is CCCCC/C=C\C/C=C\C/C=C\C=C\C1CC=CC(=O)O1. The van der Waals surface area contributed by atoms with Crippen LogP contribution in [0.4, 0.5) is 0 Å². The monoisotopic (exact) mass is 300 g/mol. The third-order valence-corrected chi connectivity index (χ3v) is 3.31. The Labute approximate surface area is 134 Å². The summed E-state index contributed by atoms with van der Waals surface area (Å²) >= 11 is 0. The van der Waals surface area contributed by atoms with Crippen molar-refractivity contribution < 1.29 is 9.53 Å². The van der Waals surface area contributed by atoms with Crippen LogP contribution >= 0.6 is 0 Å². The van der Waals surface area contributed by atoms with Crippen LogP contribution in [0.5, 0.6) is 0 Å². The summed E-state index contributed by atoms with van der Waals surface area (Å²) in [7, 11) is 0. The topological polar surface area (TPSA) is 26.3 Å². The molecule has 1 rings (SSSR count). The summed E-state index contributed by atoms with van der Waals surface area (Å²) in [5.74, 6) is -0.254. The minimum absolute atomic E-state index is 0.115. The first-order valence-corrected chi connectivity index (χ1v) is 8.33. The van der Waals surface area contributed by atoms with E-state index in [1.807, 2.05) is 24.3 Å². The van der Waals surface area contributed by atoms with Gasteiger partial charge in [-0.25, -0.2) is 4.79 Å². The van der Waals surface area contributed by atoms with Crippen LogP contribution < -0.4 is 0 Å². The van der Waals surface area contributed by atoms with E-state index in [1.54, 1.807) is 0 Å². The van der Waals surface area contributed by atoms with Crippen molar-refractivity contribution in [2.45, 2.75) is 58.0 Å². The molecule has 0 aromatic heterocycles. The minimum atomic E-state index is -0.254. The van der Waals surface area contributed by atoms with E-state index >= 15 is 0 Å². The van der Waals surface area contributed by atoms with Crippen molar-refractivity contribution in [3.8, 4) is 0 Å². The van der Waals surface area contributed by atoms with Gasteiger partial charge in [0.25, 0.3) is 0 Å². The number of cyclic esters (lactones) is 1. The molecule has 0 aromatic rings. The van der Waals surface area contributed by atoms with Crippen molar-refractivity contribution in [1.29, 1.82) is 0 Å². The summed E-state index contributed by atoms with van der Waals surface area (Å²) in [6.07, 6.45) is 27.9. The van der Waals surface area contributed by atoms with Crippen LogP contribution in [0.2, 0.25) is 0 Å². The molecule has 0 radical (unpaired) electrons. The largest absolute Gasteiger partial charge is 0.455 e. The summed E-state index contributed by atoms with van der Waals surface area (Å²) in [4.78, 5) is 11.0.